The number of thiazole rings is 1. The first kappa shape index (κ1) is 19.8. The number of fused-ring (bicyclic) bond motifs is 2. The lowest BCUT2D eigenvalue weighted by atomic mass is 10.2. The fourth-order valence-corrected chi connectivity index (χ4v) is 5.05. The smallest absolute Gasteiger partial charge is 0.348 e. The summed E-state index contributed by atoms with van der Waals surface area (Å²) in [5.41, 5.74) is 0.781. The first-order valence-corrected chi connectivity index (χ1v) is 10.3. The van der Waals surface area contributed by atoms with Gasteiger partial charge in [0.1, 0.15) is 32.1 Å². The SMILES string of the molecule is COC(=O)c1sc2ncn(C/C(O)=C(\C#N)c3nc4ccccc4s3)c(=O)c2c1C. The molecule has 0 unspecified atom stereocenters. The van der Waals surface area contributed by atoms with Crippen molar-refractivity contribution in [3.8, 4) is 6.07 Å². The lowest BCUT2D eigenvalue weighted by molar-refractivity contribution is 0.0605. The zero-order valence-corrected chi connectivity index (χ0v) is 17.5. The van der Waals surface area contributed by atoms with Crippen molar-refractivity contribution in [2.24, 2.45) is 0 Å². The summed E-state index contributed by atoms with van der Waals surface area (Å²) in [5.74, 6) is -0.826. The van der Waals surface area contributed by atoms with Gasteiger partial charge in [0.25, 0.3) is 5.56 Å². The quantitative estimate of drug-likeness (QED) is 0.293. The molecule has 0 saturated carbocycles. The van der Waals surface area contributed by atoms with Gasteiger partial charge in [-0.2, -0.15) is 5.26 Å². The van der Waals surface area contributed by atoms with Gasteiger partial charge in [-0.3, -0.25) is 9.36 Å². The highest BCUT2D eigenvalue weighted by atomic mass is 32.1. The molecule has 150 valence electrons. The second-order valence-electron chi connectivity index (χ2n) is 6.33. The molecule has 1 N–H and O–H groups in total. The van der Waals surface area contributed by atoms with Gasteiger partial charge < -0.3 is 9.84 Å². The van der Waals surface area contributed by atoms with Crippen LogP contribution in [0, 0.1) is 18.3 Å². The van der Waals surface area contributed by atoms with E-state index in [1.165, 1.54) is 29.3 Å². The number of allylic oxidation sites excluding steroid dienone is 2. The first-order chi connectivity index (χ1) is 14.4. The second-order valence-corrected chi connectivity index (χ2v) is 8.36. The van der Waals surface area contributed by atoms with E-state index in [1.54, 1.807) is 6.92 Å². The van der Waals surface area contributed by atoms with Crippen LogP contribution in [0.3, 0.4) is 0 Å². The number of nitrogens with zero attached hydrogens (tertiary/aromatic N) is 4. The fraction of sp³-hybridized carbons (Fsp3) is 0.150. The predicted molar refractivity (Wildman–Crippen MR) is 115 cm³/mol. The van der Waals surface area contributed by atoms with Crippen LogP contribution >= 0.6 is 22.7 Å². The van der Waals surface area contributed by atoms with Crippen molar-refractivity contribution in [3.05, 3.63) is 62.2 Å². The van der Waals surface area contributed by atoms with Crippen LogP contribution in [-0.2, 0) is 11.3 Å². The number of hydrogen-bond donors (Lipinski definition) is 1. The van der Waals surface area contributed by atoms with Crippen molar-refractivity contribution in [3.63, 3.8) is 0 Å². The zero-order valence-electron chi connectivity index (χ0n) is 15.9. The molecule has 4 rings (SSSR count). The maximum atomic E-state index is 12.9. The number of aryl methyl sites for hydroxylation is 1. The van der Waals surface area contributed by atoms with E-state index in [4.69, 9.17) is 4.74 Å². The molecule has 0 bridgehead atoms. The number of carbonyl (C=O) groups excluding carboxylic acids is 1. The standard InChI is InChI=1S/C20H14N4O4S2/c1-10-15-18(30-16(10)20(27)28-2)22-9-24(19(15)26)8-13(25)11(7-21)17-23-12-5-3-4-6-14(12)29-17/h3-6,9,25H,8H2,1-2H3/b13-11-. The maximum Gasteiger partial charge on any atom is 0.348 e. The summed E-state index contributed by atoms with van der Waals surface area (Å²) >= 11 is 2.36. The van der Waals surface area contributed by atoms with Gasteiger partial charge in [-0.05, 0) is 24.6 Å². The summed E-state index contributed by atoms with van der Waals surface area (Å²) in [5, 5.41) is 20.8. The average molecular weight is 438 g/mol. The molecule has 0 amide bonds. The Morgan fingerprint density at radius 2 is 2.10 bits per heavy atom. The molecule has 10 heteroatoms. The van der Waals surface area contributed by atoms with E-state index in [0.717, 1.165) is 21.6 Å². The van der Waals surface area contributed by atoms with E-state index in [9.17, 15) is 20.0 Å². The summed E-state index contributed by atoms with van der Waals surface area (Å²) in [6.45, 7) is 1.40. The molecule has 0 atom stereocenters. The number of ether oxygens (including phenoxy) is 1. The van der Waals surface area contributed by atoms with E-state index in [0.29, 0.717) is 20.3 Å². The van der Waals surface area contributed by atoms with Crippen molar-refractivity contribution >= 4 is 54.6 Å². The normalized spacial score (nSPS) is 12.0. The van der Waals surface area contributed by atoms with Gasteiger partial charge in [-0.15, -0.1) is 22.7 Å². The average Bonchev–Trinajstić information content (AvgIpc) is 3.31. The molecule has 4 aromatic rings. The number of nitriles is 1. The number of methoxy groups -OCH3 is 1. The van der Waals surface area contributed by atoms with E-state index >= 15 is 0 Å². The van der Waals surface area contributed by atoms with Crippen LogP contribution in [0.2, 0.25) is 0 Å². The Morgan fingerprint density at radius 3 is 2.80 bits per heavy atom. The minimum absolute atomic E-state index is 0.000451. The third kappa shape index (κ3) is 3.24. The Kier molecular flexibility index (Phi) is 5.07. The monoisotopic (exact) mass is 438 g/mol. The minimum atomic E-state index is -0.535. The Hall–Kier alpha value is -3.55. The number of thiophene rings is 1. The van der Waals surface area contributed by atoms with E-state index in [2.05, 4.69) is 9.97 Å². The van der Waals surface area contributed by atoms with Gasteiger partial charge in [0.05, 0.1) is 35.6 Å². The zero-order chi connectivity index (χ0) is 21.4. The number of aliphatic hydroxyl groups excluding tert-OH is 1. The van der Waals surface area contributed by atoms with Crippen molar-refractivity contribution in [1.82, 2.24) is 14.5 Å². The van der Waals surface area contributed by atoms with Crippen LogP contribution in [0.1, 0.15) is 20.2 Å². The van der Waals surface area contributed by atoms with E-state index in [-0.39, 0.29) is 23.3 Å². The molecule has 1 aromatic carbocycles. The second kappa shape index (κ2) is 7.70. The maximum absolute atomic E-state index is 12.9. The highest BCUT2D eigenvalue weighted by Gasteiger charge is 2.21. The minimum Gasteiger partial charge on any atom is -0.509 e. The Labute approximate surface area is 177 Å². The topological polar surface area (TPSA) is 118 Å². The van der Waals surface area contributed by atoms with Crippen LogP contribution in [0.4, 0.5) is 0 Å². The molecule has 0 spiro atoms. The number of rotatable bonds is 4. The Balaban J connectivity index is 1.78. The molecule has 0 saturated heterocycles. The van der Waals surface area contributed by atoms with Gasteiger partial charge in [0.2, 0.25) is 0 Å². The van der Waals surface area contributed by atoms with E-state index in [1.807, 2.05) is 30.3 Å². The number of hydrogen-bond acceptors (Lipinski definition) is 9. The highest BCUT2D eigenvalue weighted by molar-refractivity contribution is 7.20. The van der Waals surface area contributed by atoms with Crippen molar-refractivity contribution in [2.75, 3.05) is 7.11 Å². The lowest BCUT2D eigenvalue weighted by Gasteiger charge is -2.06. The molecule has 0 aliphatic carbocycles. The van der Waals surface area contributed by atoms with E-state index < -0.39 is 11.5 Å². The Morgan fingerprint density at radius 1 is 1.33 bits per heavy atom. The molecular formula is C20H14N4O4S2. The predicted octanol–water partition coefficient (Wildman–Crippen LogP) is 3.66. The Bertz CT molecular complexity index is 1410. The molecule has 3 aromatic heterocycles. The number of para-hydroxylation sites is 1. The van der Waals surface area contributed by atoms with Crippen molar-refractivity contribution in [2.45, 2.75) is 13.5 Å². The molecular weight excluding hydrogens is 424 g/mol. The fourth-order valence-electron chi connectivity index (χ4n) is 3.01. The molecule has 0 radical (unpaired) electrons. The molecule has 0 aliphatic rings. The van der Waals surface area contributed by atoms with Crippen LogP contribution in [0.15, 0.2) is 41.1 Å². The number of benzene rings is 1. The van der Waals surface area contributed by atoms with Gasteiger partial charge >= 0.3 is 5.97 Å². The first-order valence-electron chi connectivity index (χ1n) is 8.69. The van der Waals surface area contributed by atoms with Gasteiger partial charge in [0, 0.05) is 0 Å². The number of aromatic nitrogens is 3. The van der Waals surface area contributed by atoms with Crippen molar-refractivity contribution < 1.29 is 14.6 Å². The summed E-state index contributed by atoms with van der Waals surface area (Å²) in [6, 6.07) is 9.38. The van der Waals surface area contributed by atoms with Crippen LogP contribution in [-0.4, -0.2) is 32.7 Å². The largest absolute Gasteiger partial charge is 0.509 e. The van der Waals surface area contributed by atoms with Crippen LogP contribution in [0.25, 0.3) is 26.0 Å². The summed E-state index contributed by atoms with van der Waals surface area (Å²) in [4.78, 5) is 34.2. The van der Waals surface area contributed by atoms with Crippen LogP contribution < -0.4 is 5.56 Å². The van der Waals surface area contributed by atoms with Gasteiger partial charge in [0.15, 0.2) is 0 Å². The van der Waals surface area contributed by atoms with Crippen molar-refractivity contribution in [1.29, 1.82) is 5.26 Å². The number of carbonyl (C=O) groups is 1. The summed E-state index contributed by atoms with van der Waals surface area (Å²) in [6.07, 6.45) is 1.28. The number of aliphatic hydroxyl groups is 1. The molecule has 0 aliphatic heterocycles. The molecule has 3 heterocycles. The molecule has 8 nitrogen and oxygen atoms in total. The highest BCUT2D eigenvalue weighted by Crippen LogP contribution is 2.29. The third-order valence-electron chi connectivity index (χ3n) is 4.52. The summed E-state index contributed by atoms with van der Waals surface area (Å²) < 4.78 is 6.83. The molecule has 30 heavy (non-hydrogen) atoms. The third-order valence-corrected chi connectivity index (χ3v) is 6.75. The van der Waals surface area contributed by atoms with Gasteiger partial charge in [-0.25, -0.2) is 14.8 Å². The van der Waals surface area contributed by atoms with Gasteiger partial charge in [-0.1, -0.05) is 12.1 Å². The van der Waals surface area contributed by atoms with Crippen LogP contribution in [0.5, 0.6) is 0 Å². The molecule has 0 fully saturated rings. The lowest BCUT2D eigenvalue weighted by Crippen LogP contribution is -2.22. The number of esters is 1. The summed E-state index contributed by atoms with van der Waals surface area (Å²) in [7, 11) is 1.27.